The summed E-state index contributed by atoms with van der Waals surface area (Å²) in [7, 11) is 0. The molecule has 0 atom stereocenters. The minimum atomic E-state index is 0.190. The number of nitrogens with zero attached hydrogens (tertiary/aromatic N) is 1. The van der Waals surface area contributed by atoms with Crippen molar-refractivity contribution in [2.75, 3.05) is 5.32 Å². The van der Waals surface area contributed by atoms with Gasteiger partial charge in [-0.25, -0.2) is 4.98 Å². The van der Waals surface area contributed by atoms with Gasteiger partial charge in [-0.2, -0.15) is 0 Å². The van der Waals surface area contributed by atoms with Gasteiger partial charge in [-0.1, -0.05) is 12.1 Å². The molecular weight excluding hydrogens is 214 g/mol. The Morgan fingerprint density at radius 2 is 2.12 bits per heavy atom. The molecular formula is C13H13N3O. The van der Waals surface area contributed by atoms with Gasteiger partial charge in [0.1, 0.15) is 0 Å². The number of hydrogen-bond acceptors (Lipinski definition) is 3. The Kier molecular flexibility index (Phi) is 2.40. The van der Waals surface area contributed by atoms with Crippen molar-refractivity contribution in [1.82, 2.24) is 9.97 Å². The summed E-state index contributed by atoms with van der Waals surface area (Å²) in [5.74, 6) is 0.891. The number of aromatic nitrogens is 2. The summed E-state index contributed by atoms with van der Waals surface area (Å²) in [4.78, 5) is 18.9. The molecule has 1 aliphatic rings. The highest BCUT2D eigenvalue weighted by Crippen LogP contribution is 2.19. The average Bonchev–Trinajstić information content (AvgIpc) is 2.71. The molecule has 17 heavy (non-hydrogen) atoms. The van der Waals surface area contributed by atoms with Crippen LogP contribution in [-0.2, 0) is 4.79 Å². The summed E-state index contributed by atoms with van der Waals surface area (Å²) < 4.78 is 0. The predicted molar refractivity (Wildman–Crippen MR) is 66.7 cm³/mol. The minimum absolute atomic E-state index is 0.190. The lowest BCUT2D eigenvalue weighted by Crippen LogP contribution is -2.09. The van der Waals surface area contributed by atoms with Gasteiger partial charge in [-0.3, -0.25) is 4.79 Å². The molecule has 0 spiro atoms. The highest BCUT2D eigenvalue weighted by molar-refractivity contribution is 5.91. The number of H-pyrrole nitrogens is 1. The van der Waals surface area contributed by atoms with Crippen LogP contribution in [0.5, 0.6) is 0 Å². The second-order valence-electron chi connectivity index (χ2n) is 4.22. The van der Waals surface area contributed by atoms with E-state index in [1.807, 2.05) is 24.3 Å². The zero-order valence-corrected chi connectivity index (χ0v) is 9.36. The highest BCUT2D eigenvalue weighted by Gasteiger charge is 2.11. The van der Waals surface area contributed by atoms with Crippen molar-refractivity contribution in [3.05, 3.63) is 36.0 Å². The van der Waals surface area contributed by atoms with E-state index >= 15 is 0 Å². The van der Waals surface area contributed by atoms with Crippen LogP contribution < -0.4 is 5.32 Å². The molecule has 1 aliphatic carbocycles. The Hall–Kier alpha value is -2.10. The lowest BCUT2D eigenvalue weighted by Gasteiger charge is -2.12. The lowest BCUT2D eigenvalue weighted by atomic mass is 10.0. The van der Waals surface area contributed by atoms with Gasteiger partial charge in [0.15, 0.2) is 5.78 Å². The molecule has 3 rings (SSSR count). The van der Waals surface area contributed by atoms with Crippen LogP contribution in [0, 0.1) is 0 Å². The number of carbonyl (C=O) groups is 1. The van der Waals surface area contributed by atoms with Crippen molar-refractivity contribution in [2.45, 2.75) is 19.3 Å². The van der Waals surface area contributed by atoms with E-state index in [0.717, 1.165) is 29.6 Å². The van der Waals surface area contributed by atoms with Gasteiger partial charge in [0.05, 0.1) is 11.0 Å². The van der Waals surface area contributed by atoms with Crippen LogP contribution >= 0.6 is 0 Å². The van der Waals surface area contributed by atoms with Crippen molar-refractivity contribution in [3.63, 3.8) is 0 Å². The number of benzene rings is 1. The van der Waals surface area contributed by atoms with Gasteiger partial charge in [0, 0.05) is 18.2 Å². The molecule has 1 aromatic heterocycles. The van der Waals surface area contributed by atoms with Crippen LogP contribution in [0.25, 0.3) is 11.0 Å². The number of fused-ring (bicyclic) bond motifs is 1. The van der Waals surface area contributed by atoms with E-state index in [9.17, 15) is 4.79 Å². The molecule has 0 fully saturated rings. The van der Waals surface area contributed by atoms with Gasteiger partial charge in [-0.05, 0) is 25.0 Å². The van der Waals surface area contributed by atoms with Crippen LogP contribution in [0.15, 0.2) is 36.0 Å². The molecule has 4 heteroatoms. The summed E-state index contributed by atoms with van der Waals surface area (Å²) in [5, 5.41) is 3.17. The maximum atomic E-state index is 11.3. The van der Waals surface area contributed by atoms with Gasteiger partial charge >= 0.3 is 0 Å². The standard InChI is InChI=1S/C13H13N3O/c17-10-5-3-4-9(8-10)14-13-15-11-6-1-2-7-12(11)16-13/h1-2,6-8H,3-5H2,(H2,14,15,16). The third-order valence-electron chi connectivity index (χ3n) is 2.87. The van der Waals surface area contributed by atoms with Crippen molar-refractivity contribution >= 4 is 22.8 Å². The van der Waals surface area contributed by atoms with Gasteiger partial charge in [-0.15, -0.1) is 0 Å². The quantitative estimate of drug-likeness (QED) is 0.829. The Balaban J connectivity index is 1.87. The molecule has 86 valence electrons. The zero-order valence-electron chi connectivity index (χ0n) is 9.36. The van der Waals surface area contributed by atoms with E-state index < -0.39 is 0 Å². The van der Waals surface area contributed by atoms with Crippen LogP contribution in [0.2, 0.25) is 0 Å². The molecule has 4 nitrogen and oxygen atoms in total. The molecule has 0 amide bonds. The first kappa shape index (κ1) is 10.1. The Bertz CT molecular complexity index is 564. The van der Waals surface area contributed by atoms with E-state index in [1.165, 1.54) is 0 Å². The van der Waals surface area contributed by atoms with Crippen molar-refractivity contribution in [3.8, 4) is 0 Å². The zero-order chi connectivity index (χ0) is 11.7. The van der Waals surface area contributed by atoms with Crippen LogP contribution in [-0.4, -0.2) is 15.8 Å². The monoisotopic (exact) mass is 227 g/mol. The highest BCUT2D eigenvalue weighted by atomic mass is 16.1. The molecule has 0 unspecified atom stereocenters. The van der Waals surface area contributed by atoms with E-state index in [2.05, 4.69) is 15.3 Å². The van der Waals surface area contributed by atoms with Crippen molar-refractivity contribution < 1.29 is 4.79 Å². The van der Waals surface area contributed by atoms with Gasteiger partial charge in [0.2, 0.25) is 5.95 Å². The van der Waals surface area contributed by atoms with Gasteiger partial charge < -0.3 is 10.3 Å². The normalized spacial score (nSPS) is 16.0. The molecule has 1 heterocycles. The number of allylic oxidation sites excluding steroid dienone is 2. The maximum absolute atomic E-state index is 11.3. The summed E-state index contributed by atoms with van der Waals surface area (Å²) in [6.45, 7) is 0. The first-order chi connectivity index (χ1) is 8.31. The van der Waals surface area contributed by atoms with Crippen molar-refractivity contribution in [1.29, 1.82) is 0 Å². The third-order valence-corrected chi connectivity index (χ3v) is 2.87. The number of aromatic amines is 1. The second-order valence-corrected chi connectivity index (χ2v) is 4.22. The van der Waals surface area contributed by atoms with Crippen LogP contribution in [0.1, 0.15) is 19.3 Å². The smallest absolute Gasteiger partial charge is 0.205 e. The summed E-state index contributed by atoms with van der Waals surface area (Å²) in [6, 6.07) is 7.86. The number of carbonyl (C=O) groups excluding carboxylic acids is 1. The lowest BCUT2D eigenvalue weighted by molar-refractivity contribution is -0.115. The largest absolute Gasteiger partial charge is 0.329 e. The maximum Gasteiger partial charge on any atom is 0.205 e. The SMILES string of the molecule is O=C1C=C(Nc2nc3ccccc3[nH]2)CCC1. The number of nitrogens with one attached hydrogen (secondary N) is 2. The van der Waals surface area contributed by atoms with Crippen LogP contribution in [0.3, 0.4) is 0 Å². The third kappa shape index (κ3) is 2.06. The number of ketones is 1. The average molecular weight is 227 g/mol. The van der Waals surface area contributed by atoms with E-state index in [0.29, 0.717) is 12.4 Å². The number of hydrogen-bond donors (Lipinski definition) is 2. The fraction of sp³-hybridized carbons (Fsp3) is 0.231. The van der Waals surface area contributed by atoms with Gasteiger partial charge in [0.25, 0.3) is 0 Å². The summed E-state index contributed by atoms with van der Waals surface area (Å²) >= 11 is 0. The first-order valence-corrected chi connectivity index (χ1v) is 5.76. The Morgan fingerprint density at radius 3 is 2.94 bits per heavy atom. The van der Waals surface area contributed by atoms with E-state index in [1.54, 1.807) is 6.08 Å². The fourth-order valence-electron chi connectivity index (χ4n) is 2.05. The van der Waals surface area contributed by atoms with Crippen molar-refractivity contribution in [2.24, 2.45) is 0 Å². The van der Waals surface area contributed by atoms with E-state index in [-0.39, 0.29) is 5.78 Å². The Morgan fingerprint density at radius 1 is 1.24 bits per heavy atom. The summed E-state index contributed by atoms with van der Waals surface area (Å²) in [6.07, 6.45) is 4.16. The first-order valence-electron chi connectivity index (χ1n) is 5.76. The minimum Gasteiger partial charge on any atom is -0.329 e. The molecule has 2 aromatic rings. The molecule has 0 bridgehead atoms. The Labute approximate surface area is 98.7 Å². The fourth-order valence-corrected chi connectivity index (χ4v) is 2.05. The molecule has 0 saturated heterocycles. The molecule has 1 aromatic carbocycles. The molecule has 0 saturated carbocycles. The number of anilines is 1. The molecule has 0 radical (unpaired) electrons. The molecule has 2 N–H and O–H groups in total. The summed E-state index contributed by atoms with van der Waals surface area (Å²) in [5.41, 5.74) is 2.87. The number of para-hydroxylation sites is 2. The predicted octanol–water partition coefficient (Wildman–Crippen LogP) is 2.61. The molecule has 0 aliphatic heterocycles. The second kappa shape index (κ2) is 4.05. The topological polar surface area (TPSA) is 57.8 Å². The van der Waals surface area contributed by atoms with Crippen LogP contribution in [0.4, 0.5) is 5.95 Å². The number of rotatable bonds is 2. The van der Waals surface area contributed by atoms with E-state index in [4.69, 9.17) is 0 Å². The number of imidazole rings is 1.